The Balaban J connectivity index is 1.29. The number of hydrogen-bond acceptors (Lipinski definition) is 6. The molecule has 3 aliphatic heterocycles. The molecule has 3 fully saturated rings. The number of nitrogens with zero attached hydrogens (tertiary/aromatic N) is 3. The minimum atomic E-state index is -4.58. The topological polar surface area (TPSA) is 111 Å². The summed E-state index contributed by atoms with van der Waals surface area (Å²) in [6.45, 7) is 2.26. The number of ether oxygens (including phenoxy) is 1. The van der Waals surface area contributed by atoms with Crippen LogP contribution in [0.5, 0.6) is 0 Å². The van der Waals surface area contributed by atoms with E-state index in [2.05, 4.69) is 15.5 Å². The van der Waals surface area contributed by atoms with Gasteiger partial charge in [0.1, 0.15) is 12.6 Å². The standard InChI is InChI=1S/C38H40F3N5O5/c39-38(40,41)29-16-10-13-27(23-29)24-43-35(48)33(34(47)42-19-22-44-20-8-3-9-21-44)45-30(18-17-26-11-4-1-5-12-26)32(36(45)49)46-31(25-51-37(46)50)28-14-6-2-7-15-28/h1-2,4-7,10-18,23,30-33H,3,8-9,19-22,24-25H2,(H,42,47)(H,43,48)/b18-17+/t30-,31-,32+,33?/m1/s1. The molecule has 3 saturated heterocycles. The summed E-state index contributed by atoms with van der Waals surface area (Å²) in [4.78, 5) is 60.1. The van der Waals surface area contributed by atoms with Crippen molar-refractivity contribution >= 4 is 29.9 Å². The van der Waals surface area contributed by atoms with E-state index < -0.39 is 59.7 Å². The largest absolute Gasteiger partial charge is 0.447 e. The van der Waals surface area contributed by atoms with Crippen molar-refractivity contribution in [2.24, 2.45) is 0 Å². The van der Waals surface area contributed by atoms with Gasteiger partial charge in [-0.3, -0.25) is 19.3 Å². The highest BCUT2D eigenvalue weighted by Gasteiger charge is 2.59. The first-order valence-electron chi connectivity index (χ1n) is 17.1. The van der Waals surface area contributed by atoms with Crippen LogP contribution in [-0.4, -0.2) is 89.4 Å². The highest BCUT2D eigenvalue weighted by Crippen LogP contribution is 2.38. The number of alkyl halides is 3. The van der Waals surface area contributed by atoms with Crippen molar-refractivity contribution in [3.63, 3.8) is 0 Å². The summed E-state index contributed by atoms with van der Waals surface area (Å²) in [6, 6.07) is 18.6. The van der Waals surface area contributed by atoms with Crippen molar-refractivity contribution in [1.29, 1.82) is 0 Å². The maximum atomic E-state index is 14.2. The van der Waals surface area contributed by atoms with E-state index in [1.807, 2.05) is 60.7 Å². The summed E-state index contributed by atoms with van der Waals surface area (Å²) >= 11 is 0. The molecule has 0 radical (unpaired) electrons. The summed E-state index contributed by atoms with van der Waals surface area (Å²) in [5.74, 6) is -2.23. The lowest BCUT2D eigenvalue weighted by Crippen LogP contribution is -2.76. The number of cyclic esters (lactones) is 1. The zero-order valence-corrected chi connectivity index (χ0v) is 27.9. The Labute approximate surface area is 294 Å². The van der Waals surface area contributed by atoms with Crippen molar-refractivity contribution in [3.05, 3.63) is 113 Å². The third-order valence-corrected chi connectivity index (χ3v) is 9.50. The van der Waals surface area contributed by atoms with Crippen LogP contribution in [0.15, 0.2) is 91.0 Å². The summed E-state index contributed by atoms with van der Waals surface area (Å²) in [6.07, 6.45) is 1.40. The quantitative estimate of drug-likeness (QED) is 0.208. The minimum absolute atomic E-state index is 0.0135. The number of rotatable bonds is 12. The van der Waals surface area contributed by atoms with Gasteiger partial charge in [0.2, 0.25) is 5.91 Å². The fraction of sp³-hybridized carbons (Fsp3) is 0.368. The molecule has 10 nitrogen and oxygen atoms in total. The molecule has 268 valence electrons. The number of halogens is 3. The van der Waals surface area contributed by atoms with Gasteiger partial charge in [-0.1, -0.05) is 91.4 Å². The van der Waals surface area contributed by atoms with Gasteiger partial charge in [0, 0.05) is 19.6 Å². The Bertz CT molecular complexity index is 1730. The van der Waals surface area contributed by atoms with Crippen LogP contribution in [0.3, 0.4) is 0 Å². The lowest BCUT2D eigenvalue weighted by molar-refractivity contribution is -0.166. The predicted octanol–water partition coefficient (Wildman–Crippen LogP) is 4.78. The molecule has 2 N–H and O–H groups in total. The molecule has 0 aromatic heterocycles. The molecule has 3 aromatic carbocycles. The molecule has 4 atom stereocenters. The fourth-order valence-electron chi connectivity index (χ4n) is 6.87. The number of carbonyl (C=O) groups excluding carboxylic acids is 4. The van der Waals surface area contributed by atoms with Crippen LogP contribution >= 0.6 is 0 Å². The molecule has 3 aromatic rings. The van der Waals surface area contributed by atoms with Crippen molar-refractivity contribution < 1.29 is 37.1 Å². The first kappa shape index (κ1) is 35.6. The molecular formula is C38H40F3N5O5. The summed E-state index contributed by atoms with van der Waals surface area (Å²) in [7, 11) is 0. The average molecular weight is 704 g/mol. The number of piperidine rings is 1. The number of amides is 4. The number of β-lactam (4-membered cyclic amide) rings is 1. The van der Waals surface area contributed by atoms with Gasteiger partial charge in [-0.2, -0.15) is 13.2 Å². The van der Waals surface area contributed by atoms with E-state index in [-0.39, 0.29) is 25.3 Å². The maximum absolute atomic E-state index is 14.2. The van der Waals surface area contributed by atoms with Crippen molar-refractivity contribution in [1.82, 2.24) is 25.3 Å². The average Bonchev–Trinajstić information content (AvgIpc) is 3.51. The lowest BCUT2D eigenvalue weighted by atomic mass is 9.88. The number of carbonyl (C=O) groups is 4. The minimum Gasteiger partial charge on any atom is -0.447 e. The molecule has 0 spiro atoms. The van der Waals surface area contributed by atoms with Gasteiger partial charge in [-0.05, 0) is 54.8 Å². The third-order valence-electron chi connectivity index (χ3n) is 9.50. The Morgan fingerprint density at radius 1 is 0.882 bits per heavy atom. The van der Waals surface area contributed by atoms with Crippen LogP contribution in [0.25, 0.3) is 6.08 Å². The van der Waals surface area contributed by atoms with E-state index in [0.717, 1.165) is 60.5 Å². The Kier molecular flexibility index (Phi) is 11.0. The van der Waals surface area contributed by atoms with Gasteiger partial charge in [-0.15, -0.1) is 0 Å². The molecule has 0 bridgehead atoms. The first-order valence-corrected chi connectivity index (χ1v) is 17.1. The van der Waals surface area contributed by atoms with Crippen LogP contribution in [-0.2, 0) is 31.8 Å². The molecule has 0 aliphatic carbocycles. The molecule has 3 aliphatic rings. The SMILES string of the molecule is O=C(NCCN1CCCCC1)C(C(=O)NCc1cccc(C(F)(F)F)c1)N1C(=O)[C@@H](N2C(=O)OC[C@@H]2c2ccccc2)[C@H]1/C=C/c1ccccc1. The highest BCUT2D eigenvalue weighted by molar-refractivity contribution is 6.09. The smallest absolute Gasteiger partial charge is 0.416 e. The number of benzene rings is 3. The maximum Gasteiger partial charge on any atom is 0.416 e. The molecule has 13 heteroatoms. The first-order chi connectivity index (χ1) is 24.6. The van der Waals surface area contributed by atoms with Gasteiger partial charge in [-0.25, -0.2) is 4.79 Å². The summed E-state index contributed by atoms with van der Waals surface area (Å²) in [5, 5.41) is 5.41. The van der Waals surface area contributed by atoms with Gasteiger partial charge >= 0.3 is 12.3 Å². The zero-order valence-electron chi connectivity index (χ0n) is 27.9. The highest BCUT2D eigenvalue weighted by atomic mass is 19.4. The van der Waals surface area contributed by atoms with Crippen LogP contribution < -0.4 is 10.6 Å². The molecule has 51 heavy (non-hydrogen) atoms. The fourth-order valence-corrected chi connectivity index (χ4v) is 6.87. The van der Waals surface area contributed by atoms with Crippen LogP contribution in [0.4, 0.5) is 18.0 Å². The third kappa shape index (κ3) is 8.25. The second-order valence-corrected chi connectivity index (χ2v) is 12.9. The molecule has 3 heterocycles. The molecule has 4 amide bonds. The molecular weight excluding hydrogens is 663 g/mol. The van der Waals surface area contributed by atoms with Crippen LogP contribution in [0.1, 0.15) is 47.6 Å². The van der Waals surface area contributed by atoms with E-state index in [4.69, 9.17) is 4.74 Å². The van der Waals surface area contributed by atoms with E-state index in [0.29, 0.717) is 6.54 Å². The van der Waals surface area contributed by atoms with E-state index >= 15 is 0 Å². The van der Waals surface area contributed by atoms with E-state index in [9.17, 15) is 32.3 Å². The number of hydrogen-bond donors (Lipinski definition) is 2. The number of nitrogens with one attached hydrogen (secondary N) is 2. The normalized spacial score (nSPS) is 21.7. The van der Waals surface area contributed by atoms with Gasteiger partial charge in [0.05, 0.1) is 17.6 Å². The second kappa shape index (κ2) is 15.8. The zero-order chi connectivity index (χ0) is 36.0. The molecule has 0 saturated carbocycles. The van der Waals surface area contributed by atoms with E-state index in [1.165, 1.54) is 17.0 Å². The number of likely N-dealkylation sites (tertiary alicyclic amines) is 2. The van der Waals surface area contributed by atoms with E-state index in [1.54, 1.807) is 12.2 Å². The molecule has 6 rings (SSSR count). The van der Waals surface area contributed by atoms with Gasteiger partial charge in [0.25, 0.3) is 11.8 Å². The summed E-state index contributed by atoms with van der Waals surface area (Å²) in [5.41, 5.74) is 0.835. The predicted molar refractivity (Wildman–Crippen MR) is 183 cm³/mol. The molecule has 1 unspecified atom stereocenters. The monoisotopic (exact) mass is 703 g/mol. The Morgan fingerprint density at radius 2 is 1.57 bits per heavy atom. The lowest BCUT2D eigenvalue weighted by Gasteiger charge is -2.51. The Morgan fingerprint density at radius 3 is 2.27 bits per heavy atom. The van der Waals surface area contributed by atoms with Crippen molar-refractivity contribution in [3.8, 4) is 0 Å². The van der Waals surface area contributed by atoms with Crippen molar-refractivity contribution in [2.75, 3.05) is 32.8 Å². The van der Waals surface area contributed by atoms with Crippen LogP contribution in [0.2, 0.25) is 0 Å². The second-order valence-electron chi connectivity index (χ2n) is 12.9. The summed E-state index contributed by atoms with van der Waals surface area (Å²) < 4.78 is 45.6. The van der Waals surface area contributed by atoms with Gasteiger partial charge in [0.15, 0.2) is 6.04 Å². The Hall–Kier alpha value is -5.17. The van der Waals surface area contributed by atoms with Crippen LogP contribution in [0, 0.1) is 0 Å². The van der Waals surface area contributed by atoms with Crippen molar-refractivity contribution in [2.45, 2.75) is 56.2 Å². The van der Waals surface area contributed by atoms with Gasteiger partial charge < -0.3 is 25.2 Å².